The molecular weight excluding hydrogens is 342 g/mol. The first-order chi connectivity index (χ1) is 12.7. The molecule has 0 fully saturated rings. The van der Waals surface area contributed by atoms with Crippen LogP contribution >= 0.6 is 11.3 Å². The number of hydrogen-bond acceptors (Lipinski definition) is 6. The molecule has 1 N–H and O–H groups in total. The molecule has 4 rings (SSSR count). The zero-order valence-corrected chi connectivity index (χ0v) is 16.0. The number of aromatic nitrogens is 3. The van der Waals surface area contributed by atoms with Crippen molar-refractivity contribution in [3.63, 3.8) is 0 Å². The summed E-state index contributed by atoms with van der Waals surface area (Å²) in [5.74, 6) is 1.88. The molecular formula is C20H23N5S. The Bertz CT molecular complexity index is 890. The minimum atomic E-state index is 0.809. The average Bonchev–Trinajstić information content (AvgIpc) is 3.10. The van der Waals surface area contributed by atoms with E-state index in [0.29, 0.717) is 0 Å². The molecule has 26 heavy (non-hydrogen) atoms. The number of benzene rings is 1. The Balaban J connectivity index is 1.66. The molecule has 0 unspecified atom stereocenters. The quantitative estimate of drug-likeness (QED) is 0.752. The third-order valence-electron chi connectivity index (χ3n) is 4.83. The van der Waals surface area contributed by atoms with Gasteiger partial charge in [0.05, 0.1) is 16.9 Å². The average molecular weight is 366 g/mol. The highest BCUT2D eigenvalue weighted by Crippen LogP contribution is 2.27. The number of nitrogens with one attached hydrogen (secondary N) is 1. The summed E-state index contributed by atoms with van der Waals surface area (Å²) in [5.41, 5.74) is 6.54. The number of nitrogens with zero attached hydrogens (tertiary/aromatic N) is 4. The largest absolute Gasteiger partial charge is 0.359 e. The third-order valence-corrected chi connectivity index (χ3v) is 5.82. The molecule has 0 saturated heterocycles. The second-order valence-corrected chi connectivity index (χ2v) is 7.56. The minimum Gasteiger partial charge on any atom is -0.359 e. The molecule has 1 aliphatic heterocycles. The summed E-state index contributed by atoms with van der Waals surface area (Å²) in [6.45, 7) is 4.80. The van der Waals surface area contributed by atoms with Gasteiger partial charge in [0.1, 0.15) is 5.82 Å². The summed E-state index contributed by atoms with van der Waals surface area (Å²) in [7, 11) is 2.13. The van der Waals surface area contributed by atoms with Crippen molar-refractivity contribution in [1.29, 1.82) is 0 Å². The first kappa shape index (κ1) is 17.1. The molecule has 134 valence electrons. The van der Waals surface area contributed by atoms with Crippen LogP contribution in [-0.2, 0) is 19.4 Å². The van der Waals surface area contributed by atoms with Crippen molar-refractivity contribution >= 4 is 17.2 Å². The smallest absolute Gasteiger partial charge is 0.161 e. The van der Waals surface area contributed by atoms with Gasteiger partial charge in [0.2, 0.25) is 0 Å². The van der Waals surface area contributed by atoms with Crippen molar-refractivity contribution in [3.05, 3.63) is 57.7 Å². The topological polar surface area (TPSA) is 53.9 Å². The van der Waals surface area contributed by atoms with E-state index in [1.165, 1.54) is 10.4 Å². The molecule has 0 radical (unpaired) electrons. The van der Waals surface area contributed by atoms with Crippen molar-refractivity contribution in [3.8, 4) is 11.4 Å². The zero-order chi connectivity index (χ0) is 17.9. The standard InChI is InChI=1S/C20H23N5S/c1-14-18(26-13-22-14)9-11-25(2)20-16-8-10-21-12-17(16)23-19(24-20)15-6-4-3-5-7-15/h3-7,13,21H,8-12H2,1-2H3. The summed E-state index contributed by atoms with van der Waals surface area (Å²) in [4.78, 5) is 17.8. The molecule has 1 aliphatic rings. The van der Waals surface area contributed by atoms with Crippen molar-refractivity contribution < 1.29 is 0 Å². The van der Waals surface area contributed by atoms with Gasteiger partial charge >= 0.3 is 0 Å². The minimum absolute atomic E-state index is 0.809. The molecule has 0 atom stereocenters. The number of hydrogen-bond donors (Lipinski definition) is 1. The molecule has 0 spiro atoms. The molecule has 0 saturated carbocycles. The van der Waals surface area contributed by atoms with Crippen molar-refractivity contribution in [2.24, 2.45) is 0 Å². The van der Waals surface area contributed by atoms with Crippen LogP contribution in [0.15, 0.2) is 35.8 Å². The van der Waals surface area contributed by atoms with E-state index in [-0.39, 0.29) is 0 Å². The molecule has 0 amide bonds. The lowest BCUT2D eigenvalue weighted by Gasteiger charge is -2.26. The number of rotatable bonds is 5. The zero-order valence-electron chi connectivity index (χ0n) is 15.2. The van der Waals surface area contributed by atoms with Gasteiger partial charge in [-0.15, -0.1) is 11.3 Å². The number of anilines is 1. The molecule has 5 nitrogen and oxygen atoms in total. The Kier molecular flexibility index (Phi) is 4.95. The van der Waals surface area contributed by atoms with E-state index in [2.05, 4.69) is 41.3 Å². The normalized spacial score (nSPS) is 13.5. The number of aryl methyl sites for hydroxylation is 1. The molecule has 0 aliphatic carbocycles. The van der Waals surface area contributed by atoms with Gasteiger partial charge in [-0.05, 0) is 19.9 Å². The second kappa shape index (κ2) is 7.51. The van der Waals surface area contributed by atoms with Crippen LogP contribution in [0, 0.1) is 6.92 Å². The molecule has 6 heteroatoms. The SMILES string of the molecule is Cc1ncsc1CCN(C)c1nc(-c2ccccc2)nc2c1CCNC2. The maximum Gasteiger partial charge on any atom is 0.161 e. The number of fused-ring (bicyclic) bond motifs is 1. The van der Waals surface area contributed by atoms with Crippen LogP contribution in [-0.4, -0.2) is 35.1 Å². The van der Waals surface area contributed by atoms with E-state index < -0.39 is 0 Å². The number of thiazole rings is 1. The predicted molar refractivity (Wildman–Crippen MR) is 107 cm³/mol. The van der Waals surface area contributed by atoms with E-state index in [9.17, 15) is 0 Å². The Hall–Kier alpha value is -2.31. The highest BCUT2D eigenvalue weighted by molar-refractivity contribution is 7.09. The highest BCUT2D eigenvalue weighted by atomic mass is 32.1. The summed E-state index contributed by atoms with van der Waals surface area (Å²) in [5, 5.41) is 3.43. The number of likely N-dealkylation sites (N-methyl/N-ethyl adjacent to an activating group) is 1. The van der Waals surface area contributed by atoms with Crippen LogP contribution in [0.5, 0.6) is 0 Å². The monoisotopic (exact) mass is 365 g/mol. The maximum absolute atomic E-state index is 4.95. The summed E-state index contributed by atoms with van der Waals surface area (Å²) >= 11 is 1.73. The second-order valence-electron chi connectivity index (χ2n) is 6.62. The van der Waals surface area contributed by atoms with Crippen LogP contribution in [0.25, 0.3) is 11.4 Å². The van der Waals surface area contributed by atoms with Crippen molar-refractivity contribution in [2.75, 3.05) is 25.0 Å². The van der Waals surface area contributed by atoms with Gasteiger partial charge in [0, 0.05) is 42.6 Å². The Morgan fingerprint density at radius 2 is 2.04 bits per heavy atom. The Labute approximate surface area is 158 Å². The fraction of sp³-hybridized carbons (Fsp3) is 0.350. The third kappa shape index (κ3) is 3.48. The fourth-order valence-electron chi connectivity index (χ4n) is 3.31. The van der Waals surface area contributed by atoms with Gasteiger partial charge in [-0.3, -0.25) is 0 Å². The molecule has 3 heterocycles. The van der Waals surface area contributed by atoms with E-state index in [4.69, 9.17) is 9.97 Å². The predicted octanol–water partition coefficient (Wildman–Crippen LogP) is 3.23. The van der Waals surface area contributed by atoms with E-state index in [1.54, 1.807) is 11.3 Å². The summed E-state index contributed by atoms with van der Waals surface area (Å²) in [6, 6.07) is 10.2. The van der Waals surface area contributed by atoms with E-state index in [1.807, 2.05) is 23.7 Å². The lowest BCUT2D eigenvalue weighted by Crippen LogP contribution is -2.30. The lowest BCUT2D eigenvalue weighted by atomic mass is 10.1. The Morgan fingerprint density at radius 3 is 2.81 bits per heavy atom. The Morgan fingerprint density at radius 1 is 1.19 bits per heavy atom. The summed E-state index contributed by atoms with van der Waals surface area (Å²) in [6.07, 6.45) is 1.97. The van der Waals surface area contributed by atoms with Crippen molar-refractivity contribution in [2.45, 2.75) is 26.3 Å². The molecule has 3 aromatic rings. The van der Waals surface area contributed by atoms with Crippen LogP contribution in [0.3, 0.4) is 0 Å². The van der Waals surface area contributed by atoms with E-state index >= 15 is 0 Å². The summed E-state index contributed by atoms with van der Waals surface area (Å²) < 4.78 is 0. The van der Waals surface area contributed by atoms with Crippen molar-refractivity contribution in [1.82, 2.24) is 20.3 Å². The first-order valence-corrected chi connectivity index (χ1v) is 9.86. The van der Waals surface area contributed by atoms with Crippen LogP contribution in [0.4, 0.5) is 5.82 Å². The van der Waals surface area contributed by atoms with Gasteiger partial charge in [0.25, 0.3) is 0 Å². The van der Waals surface area contributed by atoms with Crippen LogP contribution < -0.4 is 10.2 Å². The molecule has 0 bridgehead atoms. The molecule has 1 aromatic carbocycles. The van der Waals surface area contributed by atoms with Gasteiger partial charge in [-0.2, -0.15) is 0 Å². The van der Waals surface area contributed by atoms with Gasteiger partial charge < -0.3 is 10.2 Å². The molecule has 2 aromatic heterocycles. The van der Waals surface area contributed by atoms with Gasteiger partial charge in [-0.25, -0.2) is 15.0 Å². The van der Waals surface area contributed by atoms with Crippen LogP contribution in [0.1, 0.15) is 21.8 Å². The lowest BCUT2D eigenvalue weighted by molar-refractivity contribution is 0.621. The van der Waals surface area contributed by atoms with E-state index in [0.717, 1.165) is 61.1 Å². The highest BCUT2D eigenvalue weighted by Gasteiger charge is 2.20. The first-order valence-electron chi connectivity index (χ1n) is 8.98. The van der Waals surface area contributed by atoms with Gasteiger partial charge in [-0.1, -0.05) is 30.3 Å². The maximum atomic E-state index is 4.95. The van der Waals surface area contributed by atoms with Gasteiger partial charge in [0.15, 0.2) is 5.82 Å². The van der Waals surface area contributed by atoms with Crippen LogP contribution in [0.2, 0.25) is 0 Å². The fourth-order valence-corrected chi connectivity index (χ4v) is 4.08.